The van der Waals surface area contributed by atoms with E-state index in [-0.39, 0.29) is 6.10 Å². The topological polar surface area (TPSA) is 21.3 Å². The second kappa shape index (κ2) is 6.17. The van der Waals surface area contributed by atoms with Gasteiger partial charge in [0.25, 0.3) is 0 Å². The number of hydrogen-bond donors (Lipinski definition) is 1. The summed E-state index contributed by atoms with van der Waals surface area (Å²) in [7, 11) is 0. The summed E-state index contributed by atoms with van der Waals surface area (Å²) in [4.78, 5) is 0. The molecule has 0 heterocycles. The van der Waals surface area contributed by atoms with E-state index in [1.807, 2.05) is 0 Å². The van der Waals surface area contributed by atoms with E-state index in [9.17, 15) is 0 Å². The summed E-state index contributed by atoms with van der Waals surface area (Å²) in [5, 5.41) is 3.60. The normalized spacial score (nSPS) is 25.4. The Balaban J connectivity index is 2.14. The van der Waals surface area contributed by atoms with Crippen molar-refractivity contribution in [1.29, 1.82) is 0 Å². The zero-order valence-corrected chi connectivity index (χ0v) is 13.6. The van der Waals surface area contributed by atoms with Crippen molar-refractivity contribution < 1.29 is 4.74 Å². The molecule has 0 aliphatic heterocycles. The van der Waals surface area contributed by atoms with Gasteiger partial charge in [-0.3, -0.25) is 0 Å². The van der Waals surface area contributed by atoms with Gasteiger partial charge in [0.2, 0.25) is 0 Å². The smallest absolute Gasteiger partial charge is 0.122 e. The van der Waals surface area contributed by atoms with Crippen LogP contribution in [0.2, 0.25) is 0 Å². The van der Waals surface area contributed by atoms with Gasteiger partial charge >= 0.3 is 0 Å². The van der Waals surface area contributed by atoms with Crippen LogP contribution in [0, 0.1) is 19.3 Å². The van der Waals surface area contributed by atoms with Gasteiger partial charge in [0.05, 0.1) is 0 Å². The Morgan fingerprint density at radius 3 is 2.70 bits per heavy atom. The Bertz CT molecular complexity index is 453. The highest BCUT2D eigenvalue weighted by Crippen LogP contribution is 2.37. The molecule has 0 spiro atoms. The first-order valence-corrected chi connectivity index (χ1v) is 7.88. The predicted molar refractivity (Wildman–Crippen MR) is 85.4 cm³/mol. The van der Waals surface area contributed by atoms with Crippen LogP contribution < -0.4 is 10.1 Å². The van der Waals surface area contributed by atoms with E-state index in [2.05, 4.69) is 58.1 Å². The molecule has 1 fully saturated rings. The van der Waals surface area contributed by atoms with Crippen molar-refractivity contribution in [1.82, 2.24) is 5.32 Å². The highest BCUT2D eigenvalue weighted by Gasteiger charge is 2.36. The fourth-order valence-corrected chi connectivity index (χ4v) is 3.24. The molecule has 0 amide bonds. The first kappa shape index (κ1) is 15.4. The predicted octanol–water partition coefficient (Wildman–Crippen LogP) is 4.24. The molecule has 112 valence electrons. The number of benzene rings is 1. The Hall–Kier alpha value is -1.02. The molecule has 1 saturated carbocycles. The largest absolute Gasteiger partial charge is 0.489 e. The molecule has 1 aromatic rings. The molecular formula is C18H29NO. The third-order valence-electron chi connectivity index (χ3n) is 4.41. The molecule has 0 radical (unpaired) electrons. The average Bonchev–Trinajstić information content (AvgIpc) is 2.36. The van der Waals surface area contributed by atoms with Gasteiger partial charge in [-0.15, -0.1) is 0 Å². The number of hydrogen-bond acceptors (Lipinski definition) is 2. The molecule has 1 aliphatic carbocycles. The summed E-state index contributed by atoms with van der Waals surface area (Å²) in [5.74, 6) is 1.04. The van der Waals surface area contributed by atoms with Crippen LogP contribution in [-0.4, -0.2) is 18.7 Å². The van der Waals surface area contributed by atoms with E-state index in [1.54, 1.807) is 0 Å². The van der Waals surface area contributed by atoms with Crippen LogP contribution in [0.5, 0.6) is 5.75 Å². The summed E-state index contributed by atoms with van der Waals surface area (Å²) < 4.78 is 6.38. The van der Waals surface area contributed by atoms with Crippen LogP contribution in [0.25, 0.3) is 0 Å². The zero-order valence-electron chi connectivity index (χ0n) is 13.6. The van der Waals surface area contributed by atoms with Crippen molar-refractivity contribution in [2.45, 2.75) is 66.0 Å². The van der Waals surface area contributed by atoms with E-state index in [4.69, 9.17) is 4.74 Å². The summed E-state index contributed by atoms with van der Waals surface area (Å²) in [6.45, 7) is 12.2. The number of aryl methyl sites for hydroxylation is 2. The molecule has 2 rings (SSSR count). The fraction of sp³-hybridized carbons (Fsp3) is 0.667. The summed E-state index contributed by atoms with van der Waals surface area (Å²) >= 11 is 0. The Labute approximate surface area is 123 Å². The lowest BCUT2D eigenvalue weighted by Crippen LogP contribution is -2.49. The van der Waals surface area contributed by atoms with E-state index >= 15 is 0 Å². The lowest BCUT2D eigenvalue weighted by molar-refractivity contribution is 0.0532. The molecule has 2 heteroatoms. The van der Waals surface area contributed by atoms with Crippen LogP contribution >= 0.6 is 0 Å². The van der Waals surface area contributed by atoms with Gasteiger partial charge in [-0.2, -0.15) is 0 Å². The van der Waals surface area contributed by atoms with Crippen LogP contribution in [0.4, 0.5) is 0 Å². The SMILES string of the molecule is CCNC1CCC(C)(C)CC1Oc1ccc(C)cc1C. The maximum Gasteiger partial charge on any atom is 0.122 e. The van der Waals surface area contributed by atoms with Crippen molar-refractivity contribution in [2.75, 3.05) is 6.54 Å². The molecule has 2 atom stereocenters. The third-order valence-corrected chi connectivity index (χ3v) is 4.41. The molecule has 1 aromatic carbocycles. The standard InChI is InChI=1S/C18H29NO/c1-6-19-15-9-10-18(4,5)12-17(15)20-16-8-7-13(2)11-14(16)3/h7-8,11,15,17,19H,6,9-10,12H2,1-5H3. The number of likely N-dealkylation sites (N-methyl/N-ethyl adjacent to an activating group) is 1. The second-order valence-corrected chi connectivity index (χ2v) is 7.00. The third kappa shape index (κ3) is 3.76. The highest BCUT2D eigenvalue weighted by molar-refractivity contribution is 5.36. The molecule has 2 unspecified atom stereocenters. The van der Waals surface area contributed by atoms with Gasteiger partial charge in [-0.1, -0.05) is 38.5 Å². The van der Waals surface area contributed by atoms with Gasteiger partial charge in [0.15, 0.2) is 0 Å². The van der Waals surface area contributed by atoms with Crippen molar-refractivity contribution in [3.05, 3.63) is 29.3 Å². The number of nitrogens with one attached hydrogen (secondary N) is 1. The molecular weight excluding hydrogens is 246 g/mol. The molecule has 0 saturated heterocycles. The lowest BCUT2D eigenvalue weighted by Gasteiger charge is -2.41. The second-order valence-electron chi connectivity index (χ2n) is 7.00. The van der Waals surface area contributed by atoms with Crippen LogP contribution in [0.1, 0.15) is 51.2 Å². The molecule has 0 aromatic heterocycles. The van der Waals surface area contributed by atoms with E-state index in [0.717, 1.165) is 18.7 Å². The Morgan fingerprint density at radius 2 is 2.05 bits per heavy atom. The van der Waals surface area contributed by atoms with E-state index in [1.165, 1.54) is 24.0 Å². The average molecular weight is 275 g/mol. The Morgan fingerprint density at radius 1 is 1.30 bits per heavy atom. The van der Waals surface area contributed by atoms with Crippen molar-refractivity contribution >= 4 is 0 Å². The van der Waals surface area contributed by atoms with Gasteiger partial charge in [0.1, 0.15) is 11.9 Å². The quantitative estimate of drug-likeness (QED) is 0.887. The summed E-state index contributed by atoms with van der Waals surface area (Å²) in [5.41, 5.74) is 2.92. The van der Waals surface area contributed by atoms with E-state index in [0.29, 0.717) is 11.5 Å². The van der Waals surface area contributed by atoms with Crippen molar-refractivity contribution in [3.63, 3.8) is 0 Å². The molecule has 0 bridgehead atoms. The number of ether oxygens (including phenoxy) is 1. The highest BCUT2D eigenvalue weighted by atomic mass is 16.5. The molecule has 2 nitrogen and oxygen atoms in total. The lowest BCUT2D eigenvalue weighted by atomic mass is 9.74. The molecule has 1 N–H and O–H groups in total. The van der Waals surface area contributed by atoms with Crippen LogP contribution in [0.3, 0.4) is 0 Å². The molecule has 1 aliphatic rings. The number of rotatable bonds is 4. The van der Waals surface area contributed by atoms with Crippen LogP contribution in [0.15, 0.2) is 18.2 Å². The maximum atomic E-state index is 6.38. The first-order chi connectivity index (χ1) is 9.41. The maximum absolute atomic E-state index is 6.38. The van der Waals surface area contributed by atoms with E-state index < -0.39 is 0 Å². The first-order valence-electron chi connectivity index (χ1n) is 7.88. The zero-order chi connectivity index (χ0) is 14.8. The summed E-state index contributed by atoms with van der Waals surface area (Å²) in [6.07, 6.45) is 3.88. The minimum Gasteiger partial charge on any atom is -0.489 e. The van der Waals surface area contributed by atoms with Gasteiger partial charge in [-0.25, -0.2) is 0 Å². The van der Waals surface area contributed by atoms with Crippen molar-refractivity contribution in [2.24, 2.45) is 5.41 Å². The minimum atomic E-state index is 0.278. The van der Waals surface area contributed by atoms with Gasteiger partial charge in [0, 0.05) is 6.04 Å². The van der Waals surface area contributed by atoms with Gasteiger partial charge in [-0.05, 0) is 56.7 Å². The summed E-state index contributed by atoms with van der Waals surface area (Å²) in [6, 6.07) is 6.94. The van der Waals surface area contributed by atoms with Crippen LogP contribution in [-0.2, 0) is 0 Å². The van der Waals surface area contributed by atoms with Gasteiger partial charge < -0.3 is 10.1 Å². The minimum absolute atomic E-state index is 0.278. The molecule has 20 heavy (non-hydrogen) atoms. The fourth-order valence-electron chi connectivity index (χ4n) is 3.24. The Kier molecular flexibility index (Phi) is 4.74. The monoisotopic (exact) mass is 275 g/mol. The van der Waals surface area contributed by atoms with Crippen molar-refractivity contribution in [3.8, 4) is 5.75 Å².